The van der Waals surface area contributed by atoms with Crippen LogP contribution in [0.3, 0.4) is 0 Å². The number of aromatic nitrogens is 3. The molecule has 1 aromatic heterocycles. The number of ketones is 1. The third-order valence-electron chi connectivity index (χ3n) is 4.01. The Kier molecular flexibility index (Phi) is 6.51. The highest BCUT2D eigenvalue weighted by molar-refractivity contribution is 6.36. The highest BCUT2D eigenvalue weighted by atomic mass is 35.5. The summed E-state index contributed by atoms with van der Waals surface area (Å²) in [7, 11) is 0. The fraction of sp³-hybridized carbons (Fsp3) is 0.200. The van der Waals surface area contributed by atoms with Crippen molar-refractivity contribution in [1.29, 1.82) is 0 Å². The van der Waals surface area contributed by atoms with E-state index in [9.17, 15) is 10.0 Å². The average Bonchev–Trinajstić information content (AvgIpc) is 3.21. The SMILES string of the molecule is CC(C)/[N+]([O-])=C\c1ccc(O[C@@H](C(=O)c2ccc(Cl)cc2Cl)n2cncn2)cc1. The monoisotopic (exact) mass is 432 g/mol. The Morgan fingerprint density at radius 3 is 2.52 bits per heavy atom. The van der Waals surface area contributed by atoms with Crippen molar-refractivity contribution in [2.45, 2.75) is 26.1 Å². The van der Waals surface area contributed by atoms with Gasteiger partial charge in [0.15, 0.2) is 12.3 Å². The molecule has 0 radical (unpaired) electrons. The number of carbonyl (C=O) groups excluding carboxylic acids is 1. The predicted molar refractivity (Wildman–Crippen MR) is 111 cm³/mol. The van der Waals surface area contributed by atoms with Crippen molar-refractivity contribution in [3.63, 3.8) is 0 Å². The van der Waals surface area contributed by atoms with Gasteiger partial charge >= 0.3 is 0 Å². The molecule has 0 aliphatic carbocycles. The molecule has 3 aromatic rings. The third-order valence-corrected chi connectivity index (χ3v) is 4.56. The first-order valence-corrected chi connectivity index (χ1v) is 9.51. The predicted octanol–water partition coefficient (Wildman–Crippen LogP) is 4.38. The number of ether oxygens (including phenoxy) is 1. The quantitative estimate of drug-likeness (QED) is 0.182. The highest BCUT2D eigenvalue weighted by Crippen LogP contribution is 2.26. The molecular formula is C20H18Cl2N4O3. The second-order valence-corrected chi connectivity index (χ2v) is 7.33. The van der Waals surface area contributed by atoms with E-state index in [1.807, 2.05) is 0 Å². The highest BCUT2D eigenvalue weighted by Gasteiger charge is 2.26. The zero-order chi connectivity index (χ0) is 21.0. The van der Waals surface area contributed by atoms with Crippen LogP contribution in [0.5, 0.6) is 5.75 Å². The van der Waals surface area contributed by atoms with Crippen LogP contribution in [0.2, 0.25) is 10.0 Å². The summed E-state index contributed by atoms with van der Waals surface area (Å²) in [4.78, 5) is 17.0. The molecule has 0 saturated carbocycles. The van der Waals surface area contributed by atoms with E-state index in [0.717, 1.165) is 4.74 Å². The Hall–Kier alpha value is -2.90. The number of benzene rings is 2. The van der Waals surface area contributed by atoms with Crippen molar-refractivity contribution in [1.82, 2.24) is 14.8 Å². The summed E-state index contributed by atoms with van der Waals surface area (Å²) in [6.45, 7) is 3.61. The van der Waals surface area contributed by atoms with Crippen molar-refractivity contribution in [2.75, 3.05) is 0 Å². The van der Waals surface area contributed by atoms with Gasteiger partial charge in [-0.2, -0.15) is 5.10 Å². The van der Waals surface area contributed by atoms with Gasteiger partial charge in [0, 0.05) is 16.1 Å². The number of hydrogen-bond acceptors (Lipinski definition) is 5. The maximum atomic E-state index is 13.1. The number of hydrogen-bond donors (Lipinski definition) is 0. The van der Waals surface area contributed by atoms with Gasteiger partial charge < -0.3 is 9.94 Å². The molecular weight excluding hydrogens is 415 g/mol. The minimum absolute atomic E-state index is 0.163. The van der Waals surface area contributed by atoms with Crippen LogP contribution in [0.4, 0.5) is 0 Å². The van der Waals surface area contributed by atoms with Gasteiger partial charge in [0.1, 0.15) is 18.4 Å². The Balaban J connectivity index is 1.87. The number of hydroxylamine groups is 1. The molecule has 0 N–H and O–H groups in total. The summed E-state index contributed by atoms with van der Waals surface area (Å²) in [6, 6.07) is 11.2. The first-order valence-electron chi connectivity index (χ1n) is 8.75. The molecule has 0 saturated heterocycles. The van der Waals surface area contributed by atoms with Gasteiger partial charge in [0.05, 0.1) is 5.02 Å². The summed E-state index contributed by atoms with van der Waals surface area (Å²) in [5, 5.41) is 16.4. The largest absolute Gasteiger partial charge is 0.624 e. The number of nitrogens with zero attached hydrogens (tertiary/aromatic N) is 4. The van der Waals surface area contributed by atoms with Crippen molar-refractivity contribution in [3.8, 4) is 5.75 Å². The average molecular weight is 433 g/mol. The van der Waals surface area contributed by atoms with E-state index < -0.39 is 12.0 Å². The Morgan fingerprint density at radius 2 is 1.93 bits per heavy atom. The lowest BCUT2D eigenvalue weighted by molar-refractivity contribution is -0.487. The first kappa shape index (κ1) is 20.8. The van der Waals surface area contributed by atoms with E-state index in [2.05, 4.69) is 10.1 Å². The van der Waals surface area contributed by atoms with Crippen LogP contribution < -0.4 is 4.74 Å². The molecule has 9 heteroatoms. The van der Waals surface area contributed by atoms with Gasteiger partial charge in [0.25, 0.3) is 6.23 Å². The molecule has 3 rings (SSSR count). The molecule has 0 aliphatic rings. The van der Waals surface area contributed by atoms with Crippen LogP contribution in [-0.2, 0) is 0 Å². The number of halogens is 2. The summed E-state index contributed by atoms with van der Waals surface area (Å²) in [6.07, 6.45) is 3.06. The summed E-state index contributed by atoms with van der Waals surface area (Å²) < 4.78 is 8.04. The van der Waals surface area contributed by atoms with Crippen LogP contribution in [0.1, 0.15) is 36.0 Å². The molecule has 1 heterocycles. The topological polar surface area (TPSA) is 83.1 Å². The van der Waals surface area contributed by atoms with E-state index in [-0.39, 0.29) is 16.6 Å². The lowest BCUT2D eigenvalue weighted by Gasteiger charge is -2.18. The lowest BCUT2D eigenvalue weighted by atomic mass is 10.1. The van der Waals surface area contributed by atoms with Crippen LogP contribution in [0.25, 0.3) is 0 Å². The Labute approximate surface area is 177 Å². The zero-order valence-electron chi connectivity index (χ0n) is 15.7. The number of Topliss-reactive ketones (excluding diaryl/α,β-unsaturated/α-hetero) is 1. The molecule has 2 aromatic carbocycles. The van der Waals surface area contributed by atoms with E-state index in [4.69, 9.17) is 27.9 Å². The second-order valence-electron chi connectivity index (χ2n) is 6.49. The molecule has 1 atom stereocenters. The fourth-order valence-electron chi connectivity index (χ4n) is 2.45. The van der Waals surface area contributed by atoms with Crippen LogP contribution in [0.15, 0.2) is 55.1 Å². The smallest absolute Gasteiger partial charge is 0.256 e. The van der Waals surface area contributed by atoms with E-state index in [1.165, 1.54) is 35.7 Å². The Morgan fingerprint density at radius 1 is 1.21 bits per heavy atom. The normalized spacial score (nSPS) is 12.8. The summed E-state index contributed by atoms with van der Waals surface area (Å²) in [5.74, 6) is 0.0152. The van der Waals surface area contributed by atoms with Gasteiger partial charge in [-0.05, 0) is 56.3 Å². The maximum absolute atomic E-state index is 13.1. The second kappa shape index (κ2) is 9.07. The molecule has 0 amide bonds. The summed E-state index contributed by atoms with van der Waals surface area (Å²) in [5.41, 5.74) is 0.964. The third kappa shape index (κ3) is 5.13. The van der Waals surface area contributed by atoms with Crippen LogP contribution in [0, 0.1) is 5.21 Å². The number of carbonyl (C=O) groups is 1. The van der Waals surface area contributed by atoms with Gasteiger partial charge in [-0.1, -0.05) is 23.2 Å². The van der Waals surface area contributed by atoms with E-state index >= 15 is 0 Å². The molecule has 0 unspecified atom stereocenters. The van der Waals surface area contributed by atoms with Crippen molar-refractivity contribution in [3.05, 3.63) is 81.5 Å². The van der Waals surface area contributed by atoms with Crippen LogP contribution >= 0.6 is 23.2 Å². The van der Waals surface area contributed by atoms with E-state index in [0.29, 0.717) is 16.3 Å². The molecule has 0 aliphatic heterocycles. The summed E-state index contributed by atoms with van der Waals surface area (Å²) >= 11 is 12.1. The first-order chi connectivity index (χ1) is 13.8. The van der Waals surface area contributed by atoms with Gasteiger partial charge in [0.2, 0.25) is 5.78 Å². The minimum Gasteiger partial charge on any atom is -0.624 e. The Bertz CT molecular complexity index is 1020. The van der Waals surface area contributed by atoms with Crippen molar-refractivity contribution >= 4 is 35.2 Å². The fourth-order valence-corrected chi connectivity index (χ4v) is 2.95. The molecule has 0 bridgehead atoms. The number of rotatable bonds is 7. The molecule has 150 valence electrons. The standard InChI is InChI=1S/C20H18Cl2N4O3/c1-13(2)26(28)10-14-3-6-16(7-4-14)29-20(25-12-23-11-24-25)19(27)17-8-5-15(21)9-18(17)22/h3-13,20H,1-2H3/b26-10+/t20-/m0/s1. The van der Waals surface area contributed by atoms with Crippen molar-refractivity contribution < 1.29 is 14.3 Å². The molecule has 7 nitrogen and oxygen atoms in total. The van der Waals surface area contributed by atoms with E-state index in [1.54, 1.807) is 44.2 Å². The maximum Gasteiger partial charge on any atom is 0.256 e. The van der Waals surface area contributed by atoms with Crippen LogP contribution in [-0.4, -0.2) is 37.5 Å². The lowest BCUT2D eigenvalue weighted by Crippen LogP contribution is -2.26. The molecule has 0 spiro atoms. The zero-order valence-corrected chi connectivity index (χ0v) is 17.2. The minimum atomic E-state index is -1.11. The molecule has 0 fully saturated rings. The van der Waals surface area contributed by atoms with Gasteiger partial charge in [-0.15, -0.1) is 0 Å². The van der Waals surface area contributed by atoms with Crippen molar-refractivity contribution in [2.24, 2.45) is 0 Å². The molecule has 29 heavy (non-hydrogen) atoms. The van der Waals surface area contributed by atoms with Gasteiger partial charge in [-0.3, -0.25) is 4.79 Å². The van der Waals surface area contributed by atoms with Gasteiger partial charge in [-0.25, -0.2) is 14.4 Å².